The number of allylic oxidation sites excluding steroid dienone is 1. The predicted molar refractivity (Wildman–Crippen MR) is 176 cm³/mol. The van der Waals surface area contributed by atoms with Gasteiger partial charge in [0.05, 0.1) is 23.8 Å². The summed E-state index contributed by atoms with van der Waals surface area (Å²) in [7, 11) is 6.96. The third-order valence-corrected chi connectivity index (χ3v) is 9.45. The van der Waals surface area contributed by atoms with E-state index in [0.717, 1.165) is 18.7 Å². The Labute approximate surface area is 273 Å². The number of aromatic nitrogens is 2. The Bertz CT molecular complexity index is 1700. The lowest BCUT2D eigenvalue weighted by Crippen LogP contribution is -2.51. The zero-order valence-electron chi connectivity index (χ0n) is 27.1. The topological polar surface area (TPSA) is 111 Å². The second-order valence-corrected chi connectivity index (χ2v) is 12.3. The number of likely N-dealkylation sites (N-methyl/N-ethyl adjacent to an activating group) is 1. The predicted octanol–water partition coefficient (Wildman–Crippen LogP) is 3.79. The van der Waals surface area contributed by atoms with Crippen LogP contribution in [0.1, 0.15) is 30.3 Å². The Morgan fingerprint density at radius 2 is 1.72 bits per heavy atom. The van der Waals surface area contributed by atoms with Crippen molar-refractivity contribution in [3.8, 4) is 16.9 Å². The fourth-order valence-corrected chi connectivity index (χ4v) is 6.61. The first-order valence-electron chi connectivity index (χ1n) is 15.9. The first-order valence-corrected chi connectivity index (χ1v) is 15.9. The number of piperazine rings is 1. The van der Waals surface area contributed by atoms with Gasteiger partial charge < -0.3 is 29.3 Å². The molecule has 0 radical (unpaired) electrons. The van der Waals surface area contributed by atoms with Gasteiger partial charge >= 0.3 is 6.03 Å². The molecule has 11 nitrogen and oxygen atoms in total. The molecule has 4 unspecified atom stereocenters. The highest BCUT2D eigenvalue weighted by Gasteiger charge is 2.41. The Hall–Kier alpha value is -4.39. The molecule has 2 aromatic carbocycles. The fraction of sp³-hybridized carbons (Fsp3) is 0.429. The van der Waals surface area contributed by atoms with Crippen molar-refractivity contribution in [2.75, 3.05) is 47.4 Å². The number of dihydropyridines is 1. The summed E-state index contributed by atoms with van der Waals surface area (Å²) in [6, 6.07) is 12.9. The molecule has 2 amide bonds. The number of nitrogens with zero attached hydrogens (tertiary/aromatic N) is 5. The van der Waals surface area contributed by atoms with Gasteiger partial charge in [-0.1, -0.05) is 36.4 Å². The van der Waals surface area contributed by atoms with Crippen LogP contribution in [0.3, 0.4) is 0 Å². The molecule has 3 heterocycles. The standard InChI is InChI=1S/C35H41FN6O5/c1-40-14-16-42(17-15-40)35(44)39-32(22-8-6-5-7-9-22)33-38-21-25(34(43)41(33)2)23-10-11-29(26(36)18-23)47-28-12-13-37-27-20-31(46-4)30(45-3)19-24(27)28/h5-13,18,21,24,27,30-32H,14-17,19-20H2,1-4H3,(H,39,44)/t24?,27?,30?,31?,32-/m0/s1. The van der Waals surface area contributed by atoms with E-state index < -0.39 is 11.9 Å². The van der Waals surface area contributed by atoms with Gasteiger partial charge in [0.15, 0.2) is 11.6 Å². The van der Waals surface area contributed by atoms with Gasteiger partial charge in [0.2, 0.25) is 0 Å². The molecule has 1 aliphatic carbocycles. The maximum absolute atomic E-state index is 15.6. The number of urea groups is 1. The smallest absolute Gasteiger partial charge is 0.318 e. The van der Waals surface area contributed by atoms with Gasteiger partial charge in [-0.2, -0.15) is 0 Å². The molecule has 6 rings (SSSR count). The zero-order chi connectivity index (χ0) is 33.1. The van der Waals surface area contributed by atoms with Gasteiger partial charge in [-0.25, -0.2) is 14.2 Å². The molecule has 1 aromatic heterocycles. The van der Waals surface area contributed by atoms with E-state index in [1.54, 1.807) is 44.5 Å². The van der Waals surface area contributed by atoms with Crippen molar-refractivity contribution in [3.05, 3.63) is 94.1 Å². The van der Waals surface area contributed by atoms with E-state index >= 15 is 4.39 Å². The van der Waals surface area contributed by atoms with Gasteiger partial charge in [-0.15, -0.1) is 0 Å². The number of carbonyl (C=O) groups excluding carboxylic acids is 1. The van der Waals surface area contributed by atoms with Crippen LogP contribution >= 0.6 is 0 Å². The van der Waals surface area contributed by atoms with E-state index in [1.165, 1.54) is 22.9 Å². The number of benzene rings is 2. The van der Waals surface area contributed by atoms with E-state index in [9.17, 15) is 9.59 Å². The number of fused-ring (bicyclic) bond motifs is 1. The molecule has 248 valence electrons. The summed E-state index contributed by atoms with van der Waals surface area (Å²) < 4.78 is 34.3. The molecular formula is C35H41FN6O5. The number of carbonyl (C=O) groups is 1. The number of halogens is 1. The van der Waals surface area contributed by atoms with Crippen molar-refractivity contribution in [3.63, 3.8) is 0 Å². The molecule has 5 atom stereocenters. The molecule has 1 saturated heterocycles. The van der Waals surface area contributed by atoms with E-state index in [4.69, 9.17) is 14.2 Å². The Kier molecular flexibility index (Phi) is 9.81. The highest BCUT2D eigenvalue weighted by atomic mass is 19.1. The van der Waals surface area contributed by atoms with Crippen molar-refractivity contribution in [2.45, 2.75) is 37.1 Å². The molecule has 3 aromatic rings. The number of aliphatic imine (C=N–C) groups is 1. The molecule has 0 spiro atoms. The SMILES string of the molecule is COC1CC2N=CC=C(Oc3ccc(-c4cnc([C@@H](NC(=O)N5CCN(C)CC5)c5ccccc5)n(C)c4=O)cc3F)C2CC1OC. The highest BCUT2D eigenvalue weighted by molar-refractivity contribution is 5.75. The number of hydrogen-bond donors (Lipinski definition) is 1. The lowest BCUT2D eigenvalue weighted by atomic mass is 9.79. The third-order valence-electron chi connectivity index (χ3n) is 9.45. The number of ether oxygens (including phenoxy) is 3. The van der Waals surface area contributed by atoms with Crippen LogP contribution in [-0.2, 0) is 16.5 Å². The molecule has 3 aliphatic rings. The molecule has 1 saturated carbocycles. The van der Waals surface area contributed by atoms with Crippen LogP contribution < -0.4 is 15.6 Å². The Balaban J connectivity index is 1.23. The number of methoxy groups -OCH3 is 2. The average Bonchev–Trinajstić information content (AvgIpc) is 3.09. The van der Waals surface area contributed by atoms with Crippen molar-refractivity contribution in [2.24, 2.45) is 18.0 Å². The van der Waals surface area contributed by atoms with E-state index in [-0.39, 0.29) is 47.1 Å². The number of hydrogen-bond acceptors (Lipinski definition) is 8. The normalized spacial score (nSPS) is 23.5. The first-order chi connectivity index (χ1) is 22.8. The van der Waals surface area contributed by atoms with Gasteiger partial charge in [0.1, 0.15) is 17.6 Å². The zero-order valence-corrected chi connectivity index (χ0v) is 27.1. The number of amides is 2. The summed E-state index contributed by atoms with van der Waals surface area (Å²) in [4.78, 5) is 40.2. The van der Waals surface area contributed by atoms with Crippen LogP contribution in [0, 0.1) is 11.7 Å². The van der Waals surface area contributed by atoms with Crippen LogP contribution in [0.5, 0.6) is 5.75 Å². The summed E-state index contributed by atoms with van der Waals surface area (Å²) in [6.07, 6.45) is 6.00. The molecule has 0 bridgehead atoms. The first kappa shape index (κ1) is 32.5. The van der Waals surface area contributed by atoms with Crippen LogP contribution in [-0.4, -0.2) is 97.3 Å². The minimum absolute atomic E-state index is 0.0488. The maximum atomic E-state index is 15.6. The van der Waals surface area contributed by atoms with Gasteiger partial charge in [-0.05, 0) is 49.2 Å². The molecule has 1 N–H and O–H groups in total. The Morgan fingerprint density at radius 3 is 2.43 bits per heavy atom. The molecule has 12 heteroatoms. The number of rotatable bonds is 8. The Morgan fingerprint density at radius 1 is 1.00 bits per heavy atom. The van der Waals surface area contributed by atoms with Crippen LogP contribution in [0.15, 0.2) is 76.3 Å². The minimum Gasteiger partial charge on any atom is -0.458 e. The van der Waals surface area contributed by atoms with Crippen LogP contribution in [0.4, 0.5) is 9.18 Å². The van der Waals surface area contributed by atoms with E-state index in [2.05, 4.69) is 20.2 Å². The lowest BCUT2D eigenvalue weighted by Gasteiger charge is -2.40. The third kappa shape index (κ3) is 6.85. The quantitative estimate of drug-likeness (QED) is 0.398. The molecule has 47 heavy (non-hydrogen) atoms. The minimum atomic E-state index is -0.671. The van der Waals surface area contributed by atoms with Crippen LogP contribution in [0.2, 0.25) is 0 Å². The van der Waals surface area contributed by atoms with Crippen molar-refractivity contribution >= 4 is 12.2 Å². The van der Waals surface area contributed by atoms with E-state index in [0.29, 0.717) is 43.1 Å². The van der Waals surface area contributed by atoms with Crippen LogP contribution in [0.25, 0.3) is 11.1 Å². The van der Waals surface area contributed by atoms with Crippen molar-refractivity contribution in [1.29, 1.82) is 0 Å². The second-order valence-electron chi connectivity index (χ2n) is 12.3. The largest absolute Gasteiger partial charge is 0.458 e. The summed E-state index contributed by atoms with van der Waals surface area (Å²) in [6.45, 7) is 2.78. The average molecular weight is 645 g/mol. The fourth-order valence-electron chi connectivity index (χ4n) is 6.61. The summed E-state index contributed by atoms with van der Waals surface area (Å²) in [5, 5.41) is 3.09. The maximum Gasteiger partial charge on any atom is 0.318 e. The van der Waals surface area contributed by atoms with Gasteiger partial charge in [-0.3, -0.25) is 14.4 Å². The monoisotopic (exact) mass is 644 g/mol. The van der Waals surface area contributed by atoms with Gasteiger partial charge in [0.25, 0.3) is 5.56 Å². The van der Waals surface area contributed by atoms with Gasteiger partial charge in [0, 0.05) is 65.8 Å². The summed E-state index contributed by atoms with van der Waals surface area (Å²) >= 11 is 0. The summed E-state index contributed by atoms with van der Waals surface area (Å²) in [5.74, 6) is 0.346. The molecule has 2 aliphatic heterocycles. The molecular weight excluding hydrogens is 603 g/mol. The summed E-state index contributed by atoms with van der Waals surface area (Å²) in [5.41, 5.74) is 1.01. The number of nitrogens with one attached hydrogen (secondary N) is 1. The van der Waals surface area contributed by atoms with Crippen molar-refractivity contribution < 1.29 is 23.4 Å². The molecule has 2 fully saturated rings. The second kappa shape index (κ2) is 14.2. The van der Waals surface area contributed by atoms with Crippen molar-refractivity contribution in [1.82, 2.24) is 24.7 Å². The highest BCUT2D eigenvalue weighted by Crippen LogP contribution is 2.38. The van der Waals surface area contributed by atoms with E-state index in [1.807, 2.05) is 37.4 Å². The lowest BCUT2D eigenvalue weighted by molar-refractivity contribution is -0.0743.